The number of ether oxygens (including phenoxy) is 1. The van der Waals surface area contributed by atoms with Crippen molar-refractivity contribution in [2.75, 3.05) is 7.11 Å². The number of carboxylic acids is 1. The first-order chi connectivity index (χ1) is 14.9. The Bertz CT molecular complexity index is 1120. The molecule has 1 fully saturated rings. The van der Waals surface area contributed by atoms with Gasteiger partial charge in [-0.2, -0.15) is 18.2 Å². The molecule has 2 N–H and O–H groups in total. The van der Waals surface area contributed by atoms with Crippen LogP contribution in [-0.2, 0) is 9.59 Å². The number of nitrogens with zero attached hydrogens (tertiary/aromatic N) is 2. The molecule has 1 aromatic heterocycles. The molecule has 2 heterocycles. The number of aliphatic imine (C=N–C) groups is 1. The van der Waals surface area contributed by atoms with Crippen LogP contribution >= 0.6 is 11.8 Å². The molecule has 4 rings (SSSR count). The average Bonchev–Trinajstić information content (AvgIpc) is 3.35. The first kappa shape index (κ1) is 25.4. The van der Waals surface area contributed by atoms with Crippen molar-refractivity contribution in [1.29, 1.82) is 0 Å². The Kier molecular flexibility index (Phi) is 9.73. The summed E-state index contributed by atoms with van der Waals surface area (Å²) >= 11 is 1.26. The Hall–Kier alpha value is -2.85. The van der Waals surface area contributed by atoms with Crippen LogP contribution in [0.15, 0.2) is 69.0 Å². The second kappa shape index (κ2) is 12.3. The fourth-order valence-corrected chi connectivity index (χ4v) is 3.26. The number of carboxylic acid groups (broad SMARTS) is 1. The minimum Gasteiger partial charge on any atom is -0.497 e. The van der Waals surface area contributed by atoms with E-state index in [0.717, 1.165) is 23.9 Å². The molecular formula is C22H18N3NaO5S. The van der Waals surface area contributed by atoms with Crippen molar-refractivity contribution in [2.24, 2.45) is 4.99 Å². The maximum atomic E-state index is 12.2. The molecule has 1 saturated heterocycles. The molecule has 158 valence electrons. The van der Waals surface area contributed by atoms with E-state index in [0.29, 0.717) is 21.5 Å². The minimum atomic E-state index is -0.833. The maximum Gasteiger partial charge on any atom is 1.00 e. The molecule has 0 saturated carbocycles. The molecule has 32 heavy (non-hydrogen) atoms. The normalized spacial score (nSPS) is 14.9. The van der Waals surface area contributed by atoms with Crippen molar-refractivity contribution in [3.63, 3.8) is 0 Å². The van der Waals surface area contributed by atoms with Crippen LogP contribution in [0.25, 0.3) is 17.4 Å². The van der Waals surface area contributed by atoms with Gasteiger partial charge in [-0.1, -0.05) is 5.16 Å². The van der Waals surface area contributed by atoms with E-state index in [2.05, 4.69) is 21.5 Å². The summed E-state index contributed by atoms with van der Waals surface area (Å²) in [7, 11) is 1.62. The molecule has 1 aliphatic heterocycles. The van der Waals surface area contributed by atoms with E-state index in [1.54, 1.807) is 31.4 Å². The summed E-state index contributed by atoms with van der Waals surface area (Å²) in [5.41, 5.74) is 2.19. The number of hydrogen-bond donors (Lipinski definition) is 2. The molecule has 10 heteroatoms. The van der Waals surface area contributed by atoms with Gasteiger partial charge in [0.25, 0.3) is 11.9 Å². The van der Waals surface area contributed by atoms with Gasteiger partial charge >= 0.3 is 29.6 Å². The minimum absolute atomic E-state index is 0. The predicted octanol–water partition coefficient (Wildman–Crippen LogP) is 1.14. The third-order valence-corrected chi connectivity index (χ3v) is 4.67. The monoisotopic (exact) mass is 459 g/mol. The molecule has 0 unspecified atom stereocenters. The molecule has 2 aromatic carbocycles. The van der Waals surface area contributed by atoms with Crippen LogP contribution in [0.4, 0.5) is 5.69 Å². The van der Waals surface area contributed by atoms with Gasteiger partial charge in [-0.05, 0) is 47.8 Å². The summed E-state index contributed by atoms with van der Waals surface area (Å²) in [6.07, 6.45) is 1.68. The summed E-state index contributed by atoms with van der Waals surface area (Å²) in [5, 5.41) is 14.7. The number of amidine groups is 1. The van der Waals surface area contributed by atoms with Gasteiger partial charge in [0, 0.05) is 18.6 Å². The molecule has 0 radical (unpaired) electrons. The zero-order valence-electron chi connectivity index (χ0n) is 17.7. The average molecular weight is 459 g/mol. The van der Waals surface area contributed by atoms with Crippen molar-refractivity contribution >= 4 is 40.6 Å². The van der Waals surface area contributed by atoms with Crippen LogP contribution in [0.1, 0.15) is 12.6 Å². The Morgan fingerprint density at radius 3 is 2.53 bits per heavy atom. The van der Waals surface area contributed by atoms with Gasteiger partial charge in [0.1, 0.15) is 11.4 Å². The molecule has 3 aromatic rings. The SMILES string of the molecule is CC(=O)O.COc1ccc(-c2cc(/C=C3\SC(=Nc4cc[c-]cc4)NC3=O)no2)cc1.[Na+]. The van der Waals surface area contributed by atoms with Gasteiger partial charge < -0.3 is 19.7 Å². The number of methoxy groups -OCH3 is 1. The number of benzene rings is 2. The Balaban J connectivity index is 0.000000672. The van der Waals surface area contributed by atoms with Crippen LogP contribution < -0.4 is 39.6 Å². The third-order valence-electron chi connectivity index (χ3n) is 3.76. The number of nitrogens with one attached hydrogen (secondary N) is 1. The van der Waals surface area contributed by atoms with Crippen molar-refractivity contribution in [3.8, 4) is 17.1 Å². The number of carbonyl (C=O) groups excluding carboxylic acids is 1. The van der Waals surface area contributed by atoms with Crippen LogP contribution in [0, 0.1) is 6.07 Å². The fraction of sp³-hybridized carbons (Fsp3) is 0.0909. The van der Waals surface area contributed by atoms with Gasteiger partial charge in [-0.25, -0.2) is 0 Å². The van der Waals surface area contributed by atoms with Gasteiger partial charge in [-0.15, -0.1) is 12.1 Å². The van der Waals surface area contributed by atoms with Gasteiger partial charge in [0.05, 0.1) is 12.0 Å². The Morgan fingerprint density at radius 1 is 1.25 bits per heavy atom. The smallest absolute Gasteiger partial charge is 0.497 e. The quantitative estimate of drug-likeness (QED) is 0.342. The standard InChI is InChI=1S/C20H14N3O3S.C2H4O2.Na/c1-25-16-9-7-13(8-10-16)17-11-15(23-26-17)12-18-19(24)22-20(27-18)21-14-5-3-2-4-6-14;1-2(3)4;/h3-12H,1H3,(H,21,22,24);1H3,(H,3,4);/q-1;;+1/b18-12-;;. The number of aromatic nitrogens is 1. The van der Waals surface area contributed by atoms with Crippen LogP contribution in [-0.4, -0.2) is 34.4 Å². The summed E-state index contributed by atoms with van der Waals surface area (Å²) in [5.74, 6) is 0.334. The summed E-state index contributed by atoms with van der Waals surface area (Å²) in [6.45, 7) is 1.08. The van der Waals surface area contributed by atoms with Crippen molar-refractivity contribution < 1.29 is 53.5 Å². The van der Waals surface area contributed by atoms with Gasteiger partial charge in [-0.3, -0.25) is 14.6 Å². The fourth-order valence-electron chi connectivity index (χ4n) is 2.43. The Morgan fingerprint density at radius 2 is 1.91 bits per heavy atom. The van der Waals surface area contributed by atoms with Crippen molar-refractivity contribution in [2.45, 2.75) is 6.92 Å². The van der Waals surface area contributed by atoms with E-state index < -0.39 is 5.97 Å². The predicted molar refractivity (Wildman–Crippen MR) is 118 cm³/mol. The maximum absolute atomic E-state index is 12.2. The van der Waals surface area contributed by atoms with E-state index in [4.69, 9.17) is 19.2 Å². The topological polar surface area (TPSA) is 114 Å². The molecule has 0 aliphatic carbocycles. The summed E-state index contributed by atoms with van der Waals surface area (Å²) in [6, 6.07) is 19.4. The molecule has 1 amide bonds. The van der Waals surface area contributed by atoms with Crippen LogP contribution in [0.5, 0.6) is 5.75 Å². The van der Waals surface area contributed by atoms with Crippen molar-refractivity contribution in [3.05, 3.63) is 71.3 Å². The molecule has 8 nitrogen and oxygen atoms in total. The number of rotatable bonds is 4. The molecule has 0 spiro atoms. The number of hydrogen-bond acceptors (Lipinski definition) is 7. The Labute approximate surface area is 211 Å². The summed E-state index contributed by atoms with van der Waals surface area (Å²) in [4.78, 5) is 26.1. The zero-order valence-corrected chi connectivity index (χ0v) is 20.5. The molecule has 1 aliphatic rings. The second-order valence-electron chi connectivity index (χ2n) is 6.10. The number of aliphatic carboxylic acids is 1. The number of thioether (sulfide) groups is 1. The molecule has 0 bridgehead atoms. The zero-order chi connectivity index (χ0) is 22.2. The van der Waals surface area contributed by atoms with E-state index in [1.807, 2.05) is 36.4 Å². The van der Waals surface area contributed by atoms with E-state index in [-0.39, 0.29) is 35.5 Å². The first-order valence-corrected chi connectivity index (χ1v) is 9.82. The van der Waals surface area contributed by atoms with E-state index in [1.165, 1.54) is 11.8 Å². The molecule has 0 atom stereocenters. The molecular weight excluding hydrogens is 441 g/mol. The first-order valence-electron chi connectivity index (χ1n) is 9.01. The van der Waals surface area contributed by atoms with Gasteiger partial charge in [0.2, 0.25) is 0 Å². The largest absolute Gasteiger partial charge is 1.00 e. The number of amides is 1. The third kappa shape index (κ3) is 7.38. The second-order valence-corrected chi connectivity index (χ2v) is 7.13. The van der Waals surface area contributed by atoms with E-state index in [9.17, 15) is 4.79 Å². The van der Waals surface area contributed by atoms with E-state index >= 15 is 0 Å². The van der Waals surface area contributed by atoms with Crippen LogP contribution in [0.3, 0.4) is 0 Å². The summed E-state index contributed by atoms with van der Waals surface area (Å²) < 4.78 is 10.5. The van der Waals surface area contributed by atoms with Crippen molar-refractivity contribution in [1.82, 2.24) is 10.5 Å². The van der Waals surface area contributed by atoms with Crippen LogP contribution in [0.2, 0.25) is 0 Å². The van der Waals surface area contributed by atoms with Gasteiger partial charge in [0.15, 0.2) is 10.9 Å². The number of carbonyl (C=O) groups is 2.